The maximum atomic E-state index is 5.19. The first-order chi connectivity index (χ1) is 7.83. The Hall–Kier alpha value is -0.980. The largest absolute Gasteiger partial charge is 0.497 e. The van der Waals surface area contributed by atoms with Gasteiger partial charge in [0.05, 0.1) is 7.11 Å². The third-order valence-corrected chi connectivity index (χ3v) is 4.01. The van der Waals surface area contributed by atoms with Gasteiger partial charge in [0.1, 0.15) is 5.75 Å². The van der Waals surface area contributed by atoms with Crippen molar-refractivity contribution in [1.82, 2.24) is 0 Å². The minimum atomic E-state index is 0.786. The van der Waals surface area contributed by atoms with E-state index in [9.17, 15) is 0 Å². The molecule has 1 saturated carbocycles. The molecule has 1 aromatic rings. The minimum Gasteiger partial charge on any atom is -0.497 e. The second-order valence-corrected chi connectivity index (χ2v) is 4.90. The molecule has 1 aliphatic carbocycles. The number of benzene rings is 1. The molecule has 0 amide bonds. The first-order valence-electron chi connectivity index (χ1n) is 6.47. The Balaban J connectivity index is 1.97. The lowest BCUT2D eigenvalue weighted by atomic mass is 9.78. The van der Waals surface area contributed by atoms with Crippen LogP contribution in [0.4, 0.5) is 0 Å². The normalized spacial score (nSPS) is 25.4. The number of ether oxygens (including phenoxy) is 1. The Labute approximate surface area is 98.8 Å². The number of hydrogen-bond donors (Lipinski definition) is 0. The summed E-state index contributed by atoms with van der Waals surface area (Å²) in [5.41, 5.74) is 1.50. The molecule has 2 rings (SSSR count). The smallest absolute Gasteiger partial charge is 0.118 e. The van der Waals surface area contributed by atoms with Crippen molar-refractivity contribution in [2.45, 2.75) is 44.9 Å². The topological polar surface area (TPSA) is 9.23 Å². The van der Waals surface area contributed by atoms with E-state index in [1.165, 1.54) is 37.7 Å². The van der Waals surface area contributed by atoms with Crippen LogP contribution in [0.2, 0.25) is 0 Å². The molecule has 0 atom stereocenters. The van der Waals surface area contributed by atoms with Gasteiger partial charge >= 0.3 is 0 Å². The van der Waals surface area contributed by atoms with E-state index in [2.05, 4.69) is 31.2 Å². The fourth-order valence-electron chi connectivity index (χ4n) is 2.78. The second-order valence-electron chi connectivity index (χ2n) is 4.90. The predicted octanol–water partition coefficient (Wildman–Crippen LogP) is 4.38. The summed E-state index contributed by atoms with van der Waals surface area (Å²) in [6, 6.07) is 8.63. The van der Waals surface area contributed by atoms with Gasteiger partial charge in [0.25, 0.3) is 0 Å². The quantitative estimate of drug-likeness (QED) is 0.731. The van der Waals surface area contributed by atoms with Crippen LogP contribution in [-0.4, -0.2) is 7.11 Å². The fraction of sp³-hybridized carbons (Fsp3) is 0.600. The summed E-state index contributed by atoms with van der Waals surface area (Å²) in [6.45, 7) is 2.32. The van der Waals surface area contributed by atoms with E-state index in [0.29, 0.717) is 0 Å². The first-order valence-corrected chi connectivity index (χ1v) is 6.47. The molecule has 1 aliphatic rings. The zero-order valence-electron chi connectivity index (χ0n) is 10.4. The molecule has 1 nitrogen and oxygen atoms in total. The van der Waals surface area contributed by atoms with Gasteiger partial charge in [-0.3, -0.25) is 0 Å². The van der Waals surface area contributed by atoms with Gasteiger partial charge in [0.2, 0.25) is 0 Å². The summed E-state index contributed by atoms with van der Waals surface area (Å²) >= 11 is 0. The van der Waals surface area contributed by atoms with E-state index in [1.807, 2.05) is 0 Å². The molecule has 0 heterocycles. The molecule has 0 bridgehead atoms. The van der Waals surface area contributed by atoms with Gasteiger partial charge in [-0.1, -0.05) is 25.5 Å². The molecule has 1 heteroatoms. The van der Waals surface area contributed by atoms with Crippen LogP contribution >= 0.6 is 0 Å². The Kier molecular flexibility index (Phi) is 3.87. The lowest BCUT2D eigenvalue weighted by Crippen LogP contribution is -2.12. The maximum Gasteiger partial charge on any atom is 0.118 e. The van der Waals surface area contributed by atoms with E-state index in [-0.39, 0.29) is 0 Å². The monoisotopic (exact) mass is 218 g/mol. The van der Waals surface area contributed by atoms with Gasteiger partial charge in [-0.15, -0.1) is 0 Å². The first kappa shape index (κ1) is 11.5. The highest BCUT2D eigenvalue weighted by Gasteiger charge is 2.20. The molecule has 0 spiro atoms. The third-order valence-electron chi connectivity index (χ3n) is 4.01. The van der Waals surface area contributed by atoms with Crippen LogP contribution in [0.25, 0.3) is 0 Å². The Morgan fingerprint density at radius 3 is 2.19 bits per heavy atom. The van der Waals surface area contributed by atoms with Gasteiger partial charge in [-0.05, 0) is 55.2 Å². The van der Waals surface area contributed by atoms with Crippen molar-refractivity contribution in [2.24, 2.45) is 5.92 Å². The molecule has 16 heavy (non-hydrogen) atoms. The number of hydrogen-bond acceptors (Lipinski definition) is 1. The van der Waals surface area contributed by atoms with Crippen molar-refractivity contribution in [2.75, 3.05) is 7.11 Å². The molecule has 1 aromatic carbocycles. The molecule has 0 saturated heterocycles. The van der Waals surface area contributed by atoms with Crippen molar-refractivity contribution < 1.29 is 4.74 Å². The Morgan fingerprint density at radius 2 is 1.69 bits per heavy atom. The summed E-state index contributed by atoms with van der Waals surface area (Å²) < 4.78 is 5.19. The molecule has 88 valence electrons. The van der Waals surface area contributed by atoms with Crippen molar-refractivity contribution in [3.63, 3.8) is 0 Å². The van der Waals surface area contributed by atoms with Crippen LogP contribution in [0.5, 0.6) is 5.75 Å². The van der Waals surface area contributed by atoms with Gasteiger partial charge in [-0.2, -0.15) is 0 Å². The average molecular weight is 218 g/mol. The molecule has 1 fully saturated rings. The Bertz CT molecular complexity index is 307. The van der Waals surface area contributed by atoms with E-state index in [4.69, 9.17) is 4.74 Å². The van der Waals surface area contributed by atoms with Crippen molar-refractivity contribution in [3.8, 4) is 5.75 Å². The summed E-state index contributed by atoms with van der Waals surface area (Å²) in [7, 11) is 1.72. The lowest BCUT2D eigenvalue weighted by molar-refractivity contribution is 0.318. The van der Waals surface area contributed by atoms with Gasteiger partial charge in [0, 0.05) is 0 Å². The molecule has 0 unspecified atom stereocenters. The number of rotatable bonds is 3. The van der Waals surface area contributed by atoms with Crippen LogP contribution in [0.1, 0.15) is 50.5 Å². The molecule has 0 N–H and O–H groups in total. The number of methoxy groups -OCH3 is 1. The average Bonchev–Trinajstić information content (AvgIpc) is 2.39. The fourth-order valence-corrected chi connectivity index (χ4v) is 2.78. The standard InChI is InChI=1S/C15H22O/c1-3-12-4-6-13(7-5-12)14-8-10-15(16-2)11-9-14/h8-13H,3-7H2,1-2H3. The summed E-state index contributed by atoms with van der Waals surface area (Å²) in [4.78, 5) is 0. The zero-order chi connectivity index (χ0) is 11.4. The predicted molar refractivity (Wildman–Crippen MR) is 68.0 cm³/mol. The van der Waals surface area contributed by atoms with Gasteiger partial charge in [0.15, 0.2) is 0 Å². The zero-order valence-corrected chi connectivity index (χ0v) is 10.4. The summed E-state index contributed by atoms with van der Waals surface area (Å²) in [6.07, 6.45) is 6.91. The summed E-state index contributed by atoms with van der Waals surface area (Å²) in [5, 5.41) is 0. The molecule has 0 aromatic heterocycles. The van der Waals surface area contributed by atoms with E-state index in [0.717, 1.165) is 17.6 Å². The molecular formula is C15H22O. The second kappa shape index (κ2) is 5.38. The Morgan fingerprint density at radius 1 is 1.06 bits per heavy atom. The van der Waals surface area contributed by atoms with Crippen LogP contribution in [0, 0.1) is 5.92 Å². The summed E-state index contributed by atoms with van der Waals surface area (Å²) in [5.74, 6) is 2.73. The lowest BCUT2D eigenvalue weighted by Gasteiger charge is -2.28. The van der Waals surface area contributed by atoms with E-state index < -0.39 is 0 Å². The third kappa shape index (κ3) is 2.58. The molecule has 0 radical (unpaired) electrons. The highest BCUT2D eigenvalue weighted by atomic mass is 16.5. The van der Waals surface area contributed by atoms with Gasteiger partial charge < -0.3 is 4.74 Å². The van der Waals surface area contributed by atoms with Crippen LogP contribution in [0.15, 0.2) is 24.3 Å². The van der Waals surface area contributed by atoms with Crippen molar-refractivity contribution >= 4 is 0 Å². The van der Waals surface area contributed by atoms with E-state index >= 15 is 0 Å². The van der Waals surface area contributed by atoms with E-state index in [1.54, 1.807) is 7.11 Å². The maximum absolute atomic E-state index is 5.19. The minimum absolute atomic E-state index is 0.786. The van der Waals surface area contributed by atoms with Crippen LogP contribution in [0.3, 0.4) is 0 Å². The SMILES string of the molecule is CCC1CCC(c2ccc(OC)cc2)CC1. The van der Waals surface area contributed by atoms with Crippen LogP contribution < -0.4 is 4.74 Å². The molecule has 0 aliphatic heterocycles. The van der Waals surface area contributed by atoms with Crippen molar-refractivity contribution in [3.05, 3.63) is 29.8 Å². The van der Waals surface area contributed by atoms with Crippen molar-refractivity contribution in [1.29, 1.82) is 0 Å². The van der Waals surface area contributed by atoms with Crippen LogP contribution in [-0.2, 0) is 0 Å². The van der Waals surface area contributed by atoms with Gasteiger partial charge in [-0.25, -0.2) is 0 Å². The molecular weight excluding hydrogens is 196 g/mol. The highest BCUT2D eigenvalue weighted by Crippen LogP contribution is 2.37. The highest BCUT2D eigenvalue weighted by molar-refractivity contribution is 5.29.